The Labute approximate surface area is 124 Å². The molecule has 0 unspecified atom stereocenters. The molecule has 110 valence electrons. The third kappa shape index (κ3) is 4.57. The molecule has 1 heterocycles. The molecule has 1 aromatic heterocycles. The second-order valence-corrected chi connectivity index (χ2v) is 4.68. The SMILES string of the molecule is COCCNC(=O)c1ccc(Nc2cccc(C)c2)cn1. The first-order chi connectivity index (χ1) is 10.2. The Bertz CT molecular complexity index is 597. The lowest BCUT2D eigenvalue weighted by Gasteiger charge is -2.08. The van der Waals surface area contributed by atoms with Gasteiger partial charge in [-0.25, -0.2) is 4.98 Å². The molecule has 2 N–H and O–H groups in total. The Morgan fingerprint density at radius 1 is 1.24 bits per heavy atom. The zero-order valence-electron chi connectivity index (χ0n) is 12.2. The number of nitrogens with one attached hydrogen (secondary N) is 2. The standard InChI is InChI=1S/C16H19N3O2/c1-12-4-3-5-13(10-12)19-14-6-7-15(18-11-14)16(20)17-8-9-21-2/h3-7,10-11,19H,8-9H2,1-2H3,(H,17,20). The topological polar surface area (TPSA) is 63.2 Å². The molecule has 0 fully saturated rings. The van der Waals surface area contributed by atoms with E-state index in [1.165, 1.54) is 5.56 Å². The van der Waals surface area contributed by atoms with Crippen LogP contribution in [0, 0.1) is 6.92 Å². The Kier molecular flexibility index (Phi) is 5.29. The van der Waals surface area contributed by atoms with Gasteiger partial charge < -0.3 is 15.4 Å². The molecular formula is C16H19N3O2. The fourth-order valence-electron chi connectivity index (χ4n) is 1.85. The molecule has 0 aliphatic carbocycles. The predicted molar refractivity (Wildman–Crippen MR) is 82.9 cm³/mol. The second-order valence-electron chi connectivity index (χ2n) is 4.68. The van der Waals surface area contributed by atoms with Crippen molar-refractivity contribution in [3.05, 3.63) is 53.9 Å². The molecular weight excluding hydrogens is 266 g/mol. The van der Waals surface area contributed by atoms with E-state index >= 15 is 0 Å². The Morgan fingerprint density at radius 2 is 2.10 bits per heavy atom. The van der Waals surface area contributed by atoms with Gasteiger partial charge in [0, 0.05) is 19.3 Å². The van der Waals surface area contributed by atoms with Crippen LogP contribution < -0.4 is 10.6 Å². The van der Waals surface area contributed by atoms with Gasteiger partial charge >= 0.3 is 0 Å². The number of rotatable bonds is 6. The van der Waals surface area contributed by atoms with Gasteiger partial charge in [-0.2, -0.15) is 0 Å². The van der Waals surface area contributed by atoms with Crippen molar-refractivity contribution in [1.29, 1.82) is 0 Å². The van der Waals surface area contributed by atoms with E-state index in [0.717, 1.165) is 11.4 Å². The van der Waals surface area contributed by atoms with Crippen molar-refractivity contribution in [1.82, 2.24) is 10.3 Å². The highest BCUT2D eigenvalue weighted by atomic mass is 16.5. The van der Waals surface area contributed by atoms with E-state index in [2.05, 4.69) is 15.6 Å². The summed E-state index contributed by atoms with van der Waals surface area (Å²) in [5.74, 6) is -0.200. The number of hydrogen-bond donors (Lipinski definition) is 2. The summed E-state index contributed by atoms with van der Waals surface area (Å²) in [7, 11) is 1.59. The van der Waals surface area contributed by atoms with E-state index in [1.54, 1.807) is 19.4 Å². The van der Waals surface area contributed by atoms with Crippen molar-refractivity contribution in [3.8, 4) is 0 Å². The number of aromatic nitrogens is 1. The molecule has 0 bridgehead atoms. The average Bonchev–Trinajstić information content (AvgIpc) is 2.48. The van der Waals surface area contributed by atoms with E-state index < -0.39 is 0 Å². The number of methoxy groups -OCH3 is 1. The summed E-state index contributed by atoms with van der Waals surface area (Å²) in [5, 5.41) is 5.98. The van der Waals surface area contributed by atoms with E-state index in [0.29, 0.717) is 18.8 Å². The fourth-order valence-corrected chi connectivity index (χ4v) is 1.85. The molecule has 0 aliphatic heterocycles. The number of ether oxygens (including phenoxy) is 1. The normalized spacial score (nSPS) is 10.2. The monoisotopic (exact) mass is 285 g/mol. The number of benzene rings is 1. The first-order valence-corrected chi connectivity index (χ1v) is 6.76. The number of anilines is 2. The Balaban J connectivity index is 1.97. The van der Waals surface area contributed by atoms with E-state index in [1.807, 2.05) is 37.3 Å². The minimum Gasteiger partial charge on any atom is -0.383 e. The summed E-state index contributed by atoms with van der Waals surface area (Å²) in [4.78, 5) is 15.9. The predicted octanol–water partition coefficient (Wildman–Crippen LogP) is 2.51. The molecule has 0 saturated carbocycles. The van der Waals surface area contributed by atoms with Crippen molar-refractivity contribution < 1.29 is 9.53 Å². The number of carbonyl (C=O) groups excluding carboxylic acids is 1. The molecule has 5 nitrogen and oxygen atoms in total. The lowest BCUT2D eigenvalue weighted by molar-refractivity contribution is 0.0932. The summed E-state index contributed by atoms with van der Waals surface area (Å²) >= 11 is 0. The minimum atomic E-state index is -0.200. The summed E-state index contributed by atoms with van der Waals surface area (Å²) in [6.07, 6.45) is 1.65. The zero-order chi connectivity index (χ0) is 15.1. The molecule has 2 aromatic rings. The highest BCUT2D eigenvalue weighted by Crippen LogP contribution is 2.16. The third-order valence-corrected chi connectivity index (χ3v) is 2.89. The molecule has 2 rings (SSSR count). The van der Waals surface area contributed by atoms with Crippen LogP contribution in [0.4, 0.5) is 11.4 Å². The molecule has 1 amide bonds. The van der Waals surface area contributed by atoms with Crippen molar-refractivity contribution in [2.45, 2.75) is 6.92 Å². The number of aryl methyl sites for hydroxylation is 1. The van der Waals surface area contributed by atoms with Crippen LogP contribution >= 0.6 is 0 Å². The van der Waals surface area contributed by atoms with Crippen LogP contribution in [-0.4, -0.2) is 31.2 Å². The third-order valence-electron chi connectivity index (χ3n) is 2.89. The lowest BCUT2D eigenvalue weighted by Crippen LogP contribution is -2.27. The van der Waals surface area contributed by atoms with E-state index in [9.17, 15) is 4.79 Å². The number of amides is 1. The van der Waals surface area contributed by atoms with Crippen LogP contribution in [0.25, 0.3) is 0 Å². The van der Waals surface area contributed by atoms with Gasteiger partial charge in [0.2, 0.25) is 0 Å². The average molecular weight is 285 g/mol. The second kappa shape index (κ2) is 7.40. The number of nitrogens with zero attached hydrogens (tertiary/aromatic N) is 1. The molecule has 0 spiro atoms. The number of hydrogen-bond acceptors (Lipinski definition) is 4. The lowest BCUT2D eigenvalue weighted by atomic mass is 10.2. The molecule has 5 heteroatoms. The van der Waals surface area contributed by atoms with Gasteiger partial charge in [0.1, 0.15) is 5.69 Å². The Morgan fingerprint density at radius 3 is 2.76 bits per heavy atom. The molecule has 0 atom stereocenters. The maximum atomic E-state index is 11.8. The van der Waals surface area contributed by atoms with Gasteiger partial charge in [-0.1, -0.05) is 12.1 Å². The smallest absolute Gasteiger partial charge is 0.269 e. The molecule has 0 radical (unpaired) electrons. The van der Waals surface area contributed by atoms with E-state index in [-0.39, 0.29) is 5.91 Å². The number of pyridine rings is 1. The van der Waals surface area contributed by atoms with Crippen molar-refractivity contribution in [3.63, 3.8) is 0 Å². The van der Waals surface area contributed by atoms with Crippen molar-refractivity contribution in [2.24, 2.45) is 0 Å². The van der Waals surface area contributed by atoms with Crippen LogP contribution in [0.1, 0.15) is 16.1 Å². The summed E-state index contributed by atoms with van der Waals surface area (Å²) < 4.78 is 4.88. The Hall–Kier alpha value is -2.40. The van der Waals surface area contributed by atoms with Crippen LogP contribution in [0.15, 0.2) is 42.6 Å². The van der Waals surface area contributed by atoms with Crippen molar-refractivity contribution >= 4 is 17.3 Å². The highest BCUT2D eigenvalue weighted by molar-refractivity contribution is 5.92. The largest absolute Gasteiger partial charge is 0.383 e. The van der Waals surface area contributed by atoms with Crippen LogP contribution in [-0.2, 0) is 4.74 Å². The van der Waals surface area contributed by atoms with Crippen LogP contribution in [0.5, 0.6) is 0 Å². The maximum absolute atomic E-state index is 11.8. The maximum Gasteiger partial charge on any atom is 0.269 e. The van der Waals surface area contributed by atoms with Crippen LogP contribution in [0.3, 0.4) is 0 Å². The molecule has 0 aliphatic rings. The summed E-state index contributed by atoms with van der Waals surface area (Å²) in [6.45, 7) is 3.00. The summed E-state index contributed by atoms with van der Waals surface area (Å²) in [6, 6.07) is 11.6. The zero-order valence-corrected chi connectivity index (χ0v) is 12.2. The first kappa shape index (κ1) is 15.0. The van der Waals surface area contributed by atoms with Gasteiger partial charge in [0.25, 0.3) is 5.91 Å². The summed E-state index contributed by atoms with van der Waals surface area (Å²) in [5.41, 5.74) is 3.41. The number of carbonyl (C=O) groups is 1. The van der Waals surface area contributed by atoms with Crippen molar-refractivity contribution in [2.75, 3.05) is 25.6 Å². The van der Waals surface area contributed by atoms with Crippen LogP contribution in [0.2, 0.25) is 0 Å². The van der Waals surface area contributed by atoms with Gasteiger partial charge in [-0.3, -0.25) is 4.79 Å². The highest BCUT2D eigenvalue weighted by Gasteiger charge is 2.06. The van der Waals surface area contributed by atoms with Gasteiger partial charge in [-0.15, -0.1) is 0 Å². The first-order valence-electron chi connectivity index (χ1n) is 6.76. The fraction of sp³-hybridized carbons (Fsp3) is 0.250. The molecule has 0 saturated heterocycles. The minimum absolute atomic E-state index is 0.200. The van der Waals surface area contributed by atoms with Gasteiger partial charge in [0.05, 0.1) is 18.5 Å². The van der Waals surface area contributed by atoms with Gasteiger partial charge in [0.15, 0.2) is 0 Å². The van der Waals surface area contributed by atoms with E-state index in [4.69, 9.17) is 4.74 Å². The van der Waals surface area contributed by atoms with Gasteiger partial charge in [-0.05, 0) is 36.8 Å². The molecule has 1 aromatic carbocycles. The molecule has 21 heavy (non-hydrogen) atoms. The quantitative estimate of drug-likeness (QED) is 0.801.